The van der Waals surface area contributed by atoms with Crippen molar-refractivity contribution in [2.75, 3.05) is 0 Å². The van der Waals surface area contributed by atoms with Crippen LogP contribution in [0.15, 0.2) is 0 Å². The van der Waals surface area contributed by atoms with E-state index in [4.69, 9.17) is 11.6 Å². The zero-order valence-corrected chi connectivity index (χ0v) is 12.8. The molecular weight excluding hydrogens is 246 g/mol. The number of aromatic nitrogens is 3. The lowest BCUT2D eigenvalue weighted by Gasteiger charge is -2.26. The monoisotopic (exact) mass is 269 g/mol. The Kier molecular flexibility index (Phi) is 3.72. The first-order valence-electron chi connectivity index (χ1n) is 6.97. The van der Waals surface area contributed by atoms with E-state index in [-0.39, 0.29) is 5.41 Å². The molecule has 0 saturated heterocycles. The van der Waals surface area contributed by atoms with Crippen LogP contribution in [0.3, 0.4) is 0 Å². The molecule has 18 heavy (non-hydrogen) atoms. The van der Waals surface area contributed by atoms with Crippen molar-refractivity contribution in [1.29, 1.82) is 0 Å². The van der Waals surface area contributed by atoms with Crippen molar-refractivity contribution >= 4 is 11.6 Å². The Hall–Kier alpha value is -0.570. The van der Waals surface area contributed by atoms with E-state index in [2.05, 4.69) is 49.4 Å². The van der Waals surface area contributed by atoms with Gasteiger partial charge in [0.1, 0.15) is 5.82 Å². The number of nitrogens with zero attached hydrogens (tertiary/aromatic N) is 3. The highest BCUT2D eigenvalue weighted by atomic mass is 35.5. The molecule has 0 bridgehead atoms. The van der Waals surface area contributed by atoms with E-state index in [1.165, 1.54) is 19.3 Å². The van der Waals surface area contributed by atoms with Gasteiger partial charge < -0.3 is 0 Å². The van der Waals surface area contributed by atoms with Crippen LogP contribution in [0.4, 0.5) is 0 Å². The summed E-state index contributed by atoms with van der Waals surface area (Å²) in [6.45, 7) is 11.1. The Bertz CT molecular complexity index is 419. The molecule has 1 aromatic rings. The Morgan fingerprint density at radius 2 is 1.94 bits per heavy atom. The molecule has 3 atom stereocenters. The molecule has 3 nitrogen and oxygen atoms in total. The molecule has 0 amide bonds. The maximum Gasteiger partial charge on any atom is 0.225 e. The molecule has 1 heterocycles. The Balaban J connectivity index is 2.37. The highest BCUT2D eigenvalue weighted by Crippen LogP contribution is 2.44. The van der Waals surface area contributed by atoms with Crippen molar-refractivity contribution in [1.82, 2.24) is 14.8 Å². The normalized spacial score (nSPS) is 28.9. The van der Waals surface area contributed by atoms with E-state index in [0.29, 0.717) is 17.2 Å². The Morgan fingerprint density at radius 1 is 1.28 bits per heavy atom. The molecule has 1 aliphatic rings. The molecule has 0 radical (unpaired) electrons. The van der Waals surface area contributed by atoms with Crippen LogP contribution < -0.4 is 0 Å². The zero-order valence-electron chi connectivity index (χ0n) is 12.1. The van der Waals surface area contributed by atoms with Crippen molar-refractivity contribution in [2.45, 2.75) is 65.3 Å². The Morgan fingerprint density at radius 3 is 2.44 bits per heavy atom. The van der Waals surface area contributed by atoms with Gasteiger partial charge >= 0.3 is 0 Å². The first kappa shape index (κ1) is 13.9. The second-order valence-corrected chi connectivity index (χ2v) is 6.92. The molecule has 0 spiro atoms. The lowest BCUT2D eigenvalue weighted by molar-refractivity contribution is 0.314. The van der Waals surface area contributed by atoms with Gasteiger partial charge in [0.15, 0.2) is 0 Å². The lowest BCUT2D eigenvalue weighted by Crippen LogP contribution is -2.24. The van der Waals surface area contributed by atoms with Gasteiger partial charge in [0.2, 0.25) is 5.28 Å². The fraction of sp³-hybridized carbons (Fsp3) is 0.857. The van der Waals surface area contributed by atoms with Crippen LogP contribution >= 0.6 is 11.6 Å². The van der Waals surface area contributed by atoms with E-state index >= 15 is 0 Å². The summed E-state index contributed by atoms with van der Waals surface area (Å²) in [6.07, 6.45) is 3.74. The molecule has 102 valence electrons. The highest BCUT2D eigenvalue weighted by Gasteiger charge is 2.37. The summed E-state index contributed by atoms with van der Waals surface area (Å²) in [7, 11) is 0. The third-order valence-corrected chi connectivity index (χ3v) is 4.62. The fourth-order valence-electron chi connectivity index (χ4n) is 3.24. The van der Waals surface area contributed by atoms with Crippen LogP contribution in [-0.4, -0.2) is 14.8 Å². The van der Waals surface area contributed by atoms with Crippen molar-refractivity contribution < 1.29 is 0 Å². The standard InChI is InChI=1S/C14H24ClN3/c1-6-10-7-8-11(9(10)2)18-12(14(3,4)5)16-17-13(18)15/h9-11H,6-8H2,1-5H3. The SMILES string of the molecule is CCC1CCC(n2c(Cl)nnc2C(C)(C)C)C1C. The quantitative estimate of drug-likeness (QED) is 0.805. The van der Waals surface area contributed by atoms with E-state index in [1.807, 2.05) is 0 Å². The minimum absolute atomic E-state index is 0.00976. The van der Waals surface area contributed by atoms with Crippen LogP contribution in [0.5, 0.6) is 0 Å². The molecule has 2 rings (SSSR count). The van der Waals surface area contributed by atoms with E-state index in [9.17, 15) is 0 Å². The molecule has 0 N–H and O–H groups in total. The van der Waals surface area contributed by atoms with Crippen LogP contribution in [0.2, 0.25) is 5.28 Å². The van der Waals surface area contributed by atoms with Crippen molar-refractivity contribution in [3.05, 3.63) is 11.1 Å². The van der Waals surface area contributed by atoms with Crippen LogP contribution in [0.25, 0.3) is 0 Å². The Labute approximate surface area is 115 Å². The third-order valence-electron chi connectivity index (χ3n) is 4.36. The minimum Gasteiger partial charge on any atom is -0.298 e. The first-order valence-corrected chi connectivity index (χ1v) is 7.35. The van der Waals surface area contributed by atoms with Crippen molar-refractivity contribution in [2.24, 2.45) is 11.8 Å². The van der Waals surface area contributed by atoms with Gasteiger partial charge in [-0.15, -0.1) is 10.2 Å². The maximum absolute atomic E-state index is 6.28. The van der Waals surface area contributed by atoms with Gasteiger partial charge in [0.05, 0.1) is 0 Å². The lowest BCUT2D eigenvalue weighted by atomic mass is 9.91. The summed E-state index contributed by atoms with van der Waals surface area (Å²) >= 11 is 6.28. The summed E-state index contributed by atoms with van der Waals surface area (Å²) in [5.74, 6) is 2.48. The van der Waals surface area contributed by atoms with Crippen molar-refractivity contribution in [3.8, 4) is 0 Å². The largest absolute Gasteiger partial charge is 0.298 e. The van der Waals surface area contributed by atoms with Gasteiger partial charge in [0, 0.05) is 11.5 Å². The van der Waals surface area contributed by atoms with E-state index in [0.717, 1.165) is 11.7 Å². The topological polar surface area (TPSA) is 30.7 Å². The smallest absolute Gasteiger partial charge is 0.225 e. The highest BCUT2D eigenvalue weighted by molar-refractivity contribution is 6.28. The van der Waals surface area contributed by atoms with Gasteiger partial charge in [-0.3, -0.25) is 4.57 Å². The van der Waals surface area contributed by atoms with Gasteiger partial charge in [-0.2, -0.15) is 0 Å². The maximum atomic E-state index is 6.28. The van der Waals surface area contributed by atoms with Gasteiger partial charge in [-0.1, -0.05) is 41.0 Å². The number of hydrogen-bond donors (Lipinski definition) is 0. The zero-order chi connectivity index (χ0) is 13.5. The predicted molar refractivity (Wildman–Crippen MR) is 74.9 cm³/mol. The second-order valence-electron chi connectivity index (χ2n) is 6.58. The molecule has 1 aliphatic carbocycles. The minimum atomic E-state index is -0.00976. The van der Waals surface area contributed by atoms with Gasteiger partial charge in [-0.25, -0.2) is 0 Å². The second kappa shape index (κ2) is 4.84. The molecule has 1 aromatic heterocycles. The molecule has 0 aromatic carbocycles. The van der Waals surface area contributed by atoms with Gasteiger partial charge in [0.25, 0.3) is 0 Å². The summed E-state index contributed by atoms with van der Waals surface area (Å²) in [6, 6.07) is 0.465. The molecule has 1 fully saturated rings. The fourth-order valence-corrected chi connectivity index (χ4v) is 3.49. The van der Waals surface area contributed by atoms with Crippen LogP contribution in [-0.2, 0) is 5.41 Å². The number of halogens is 1. The molecule has 1 saturated carbocycles. The summed E-state index contributed by atoms with van der Waals surface area (Å²) < 4.78 is 2.18. The predicted octanol–water partition coefficient (Wildman–Crippen LogP) is 4.23. The molecule has 3 unspecified atom stereocenters. The van der Waals surface area contributed by atoms with Gasteiger partial charge in [-0.05, 0) is 36.3 Å². The third kappa shape index (κ3) is 2.29. The first-order chi connectivity index (χ1) is 8.36. The van der Waals surface area contributed by atoms with Crippen molar-refractivity contribution in [3.63, 3.8) is 0 Å². The number of hydrogen-bond acceptors (Lipinski definition) is 2. The van der Waals surface area contributed by atoms with Crippen LogP contribution in [0, 0.1) is 11.8 Å². The summed E-state index contributed by atoms with van der Waals surface area (Å²) in [4.78, 5) is 0. The number of rotatable bonds is 2. The van der Waals surface area contributed by atoms with E-state index in [1.54, 1.807) is 0 Å². The summed E-state index contributed by atoms with van der Waals surface area (Å²) in [5.41, 5.74) is -0.00976. The van der Waals surface area contributed by atoms with Crippen LogP contribution in [0.1, 0.15) is 65.7 Å². The summed E-state index contributed by atoms with van der Waals surface area (Å²) in [5, 5.41) is 8.94. The molecule has 4 heteroatoms. The molecular formula is C14H24ClN3. The average Bonchev–Trinajstić information content (AvgIpc) is 2.81. The average molecular weight is 270 g/mol. The molecule has 0 aliphatic heterocycles. The van der Waals surface area contributed by atoms with E-state index < -0.39 is 0 Å².